The molecule has 3 aliphatic rings. The number of nitrogens with zero attached hydrogens (tertiary/aromatic N) is 1. The second-order valence-corrected chi connectivity index (χ2v) is 9.14. The lowest BCUT2D eigenvalue weighted by Crippen LogP contribution is -2.55. The lowest BCUT2D eigenvalue weighted by atomic mass is 9.76. The van der Waals surface area contributed by atoms with Crippen molar-refractivity contribution in [2.75, 3.05) is 13.1 Å². The summed E-state index contributed by atoms with van der Waals surface area (Å²) in [6, 6.07) is 0.956. The minimum Gasteiger partial charge on any atom is -0.444 e. The van der Waals surface area contributed by atoms with E-state index < -0.39 is 5.60 Å². The normalized spacial score (nSPS) is 31.8. The summed E-state index contributed by atoms with van der Waals surface area (Å²) in [5, 5.41) is 3.86. The second-order valence-electron chi connectivity index (χ2n) is 9.14. The van der Waals surface area contributed by atoms with Crippen LogP contribution in [0, 0.1) is 11.8 Å². The highest BCUT2D eigenvalue weighted by molar-refractivity contribution is 5.68. The molecule has 4 nitrogen and oxygen atoms in total. The molecule has 2 saturated carbocycles. The fourth-order valence-electron chi connectivity index (χ4n) is 4.46. The Kier molecular flexibility index (Phi) is 5.74. The summed E-state index contributed by atoms with van der Waals surface area (Å²) in [5.74, 6) is 1.52. The number of carbonyl (C=O) groups is 1. The Hall–Kier alpha value is -0.770. The van der Waals surface area contributed by atoms with E-state index in [1.54, 1.807) is 0 Å². The van der Waals surface area contributed by atoms with Gasteiger partial charge >= 0.3 is 6.09 Å². The Bertz CT molecular complexity index is 428. The monoisotopic (exact) mass is 336 g/mol. The molecule has 3 fully saturated rings. The van der Waals surface area contributed by atoms with Gasteiger partial charge in [-0.25, -0.2) is 4.79 Å². The number of amides is 1. The molecule has 3 rings (SSSR count). The SMILES string of the molecule is CC(C)(C)OC(=O)N1CCCCC1C1CCCCC1NCC1CC1. The second kappa shape index (κ2) is 7.63. The van der Waals surface area contributed by atoms with Gasteiger partial charge in [0.2, 0.25) is 0 Å². The quantitative estimate of drug-likeness (QED) is 0.830. The van der Waals surface area contributed by atoms with Crippen molar-refractivity contribution in [3.63, 3.8) is 0 Å². The van der Waals surface area contributed by atoms with Crippen LogP contribution in [0.15, 0.2) is 0 Å². The predicted octanol–water partition coefficient (Wildman–Crippen LogP) is 4.33. The van der Waals surface area contributed by atoms with Gasteiger partial charge in [-0.05, 0) is 84.1 Å². The molecule has 0 spiro atoms. The zero-order chi connectivity index (χ0) is 17.2. The minimum absolute atomic E-state index is 0.0984. The van der Waals surface area contributed by atoms with E-state index in [1.165, 1.54) is 51.5 Å². The molecule has 138 valence electrons. The Balaban J connectivity index is 1.66. The molecule has 1 heterocycles. The summed E-state index contributed by atoms with van der Waals surface area (Å²) in [6.45, 7) is 7.94. The maximum Gasteiger partial charge on any atom is 0.410 e. The van der Waals surface area contributed by atoms with Crippen molar-refractivity contribution < 1.29 is 9.53 Å². The summed E-state index contributed by atoms with van der Waals surface area (Å²) in [5.41, 5.74) is -0.407. The fraction of sp³-hybridized carbons (Fsp3) is 0.950. The highest BCUT2D eigenvalue weighted by Crippen LogP contribution is 2.36. The molecular formula is C20H36N2O2. The minimum atomic E-state index is -0.407. The van der Waals surface area contributed by atoms with Gasteiger partial charge in [-0.3, -0.25) is 0 Å². The maximum absolute atomic E-state index is 12.7. The van der Waals surface area contributed by atoms with Gasteiger partial charge in [0.25, 0.3) is 0 Å². The average molecular weight is 337 g/mol. The van der Waals surface area contributed by atoms with E-state index in [4.69, 9.17) is 4.74 Å². The van der Waals surface area contributed by atoms with Crippen molar-refractivity contribution in [1.82, 2.24) is 10.2 Å². The molecule has 24 heavy (non-hydrogen) atoms. The van der Waals surface area contributed by atoms with E-state index in [2.05, 4.69) is 10.2 Å². The summed E-state index contributed by atoms with van der Waals surface area (Å²) >= 11 is 0. The van der Waals surface area contributed by atoms with Crippen LogP contribution in [0.4, 0.5) is 4.79 Å². The lowest BCUT2D eigenvalue weighted by molar-refractivity contribution is -0.00530. The van der Waals surface area contributed by atoms with Crippen LogP contribution in [0.2, 0.25) is 0 Å². The van der Waals surface area contributed by atoms with Gasteiger partial charge in [-0.2, -0.15) is 0 Å². The molecule has 3 unspecified atom stereocenters. The van der Waals surface area contributed by atoms with Crippen molar-refractivity contribution in [2.24, 2.45) is 11.8 Å². The number of carbonyl (C=O) groups excluding carboxylic acids is 1. The Morgan fingerprint density at radius 1 is 1.04 bits per heavy atom. The van der Waals surface area contributed by atoms with E-state index >= 15 is 0 Å². The van der Waals surface area contributed by atoms with Crippen molar-refractivity contribution in [3.05, 3.63) is 0 Å². The zero-order valence-electron chi connectivity index (χ0n) is 15.9. The maximum atomic E-state index is 12.7. The molecule has 0 aromatic carbocycles. The Labute approximate surface area is 147 Å². The van der Waals surface area contributed by atoms with Gasteiger partial charge in [0, 0.05) is 18.6 Å². The first-order valence-electron chi connectivity index (χ1n) is 10.2. The summed E-state index contributed by atoms with van der Waals surface area (Å²) < 4.78 is 5.71. The number of hydrogen-bond acceptors (Lipinski definition) is 3. The lowest BCUT2D eigenvalue weighted by Gasteiger charge is -2.45. The largest absolute Gasteiger partial charge is 0.444 e. The van der Waals surface area contributed by atoms with Crippen LogP contribution in [0.1, 0.15) is 78.6 Å². The Morgan fingerprint density at radius 2 is 1.75 bits per heavy atom. The zero-order valence-corrected chi connectivity index (χ0v) is 15.9. The smallest absolute Gasteiger partial charge is 0.410 e. The molecule has 1 amide bonds. The topological polar surface area (TPSA) is 41.6 Å². The van der Waals surface area contributed by atoms with E-state index in [0.717, 1.165) is 25.3 Å². The molecule has 4 heteroatoms. The van der Waals surface area contributed by atoms with Crippen molar-refractivity contribution >= 4 is 6.09 Å². The van der Waals surface area contributed by atoms with E-state index in [9.17, 15) is 4.79 Å². The molecule has 1 saturated heterocycles. The molecule has 0 radical (unpaired) electrons. The predicted molar refractivity (Wildman–Crippen MR) is 97.1 cm³/mol. The number of rotatable bonds is 4. The number of likely N-dealkylation sites (tertiary alicyclic amines) is 1. The van der Waals surface area contributed by atoms with Crippen molar-refractivity contribution in [1.29, 1.82) is 0 Å². The van der Waals surface area contributed by atoms with Crippen LogP contribution in [0.5, 0.6) is 0 Å². The van der Waals surface area contributed by atoms with E-state index in [1.807, 2.05) is 20.8 Å². The first kappa shape index (κ1) is 18.0. The first-order valence-corrected chi connectivity index (χ1v) is 10.2. The standard InChI is InChI=1S/C20H36N2O2/c1-20(2,3)24-19(23)22-13-7-6-10-18(22)16-8-4-5-9-17(16)21-14-15-11-12-15/h15-18,21H,4-14H2,1-3H3. The molecule has 0 bridgehead atoms. The molecule has 3 atom stereocenters. The summed E-state index contributed by atoms with van der Waals surface area (Å²) in [7, 11) is 0. The third kappa shape index (κ3) is 4.87. The molecule has 0 aromatic heterocycles. The van der Waals surface area contributed by atoms with E-state index in [0.29, 0.717) is 18.0 Å². The van der Waals surface area contributed by atoms with Gasteiger partial charge in [0.05, 0.1) is 0 Å². The number of piperidine rings is 1. The van der Waals surface area contributed by atoms with Crippen molar-refractivity contribution in [2.45, 2.75) is 96.2 Å². The first-order chi connectivity index (χ1) is 11.4. The van der Waals surface area contributed by atoms with Gasteiger partial charge < -0.3 is 15.0 Å². The van der Waals surface area contributed by atoms with Crippen LogP contribution in [-0.4, -0.2) is 41.8 Å². The van der Waals surface area contributed by atoms with Gasteiger partial charge in [-0.15, -0.1) is 0 Å². The van der Waals surface area contributed by atoms with E-state index in [-0.39, 0.29) is 6.09 Å². The van der Waals surface area contributed by atoms with Gasteiger partial charge in [0.15, 0.2) is 0 Å². The van der Waals surface area contributed by atoms with Crippen LogP contribution in [-0.2, 0) is 4.74 Å². The van der Waals surface area contributed by atoms with Crippen LogP contribution >= 0.6 is 0 Å². The Morgan fingerprint density at radius 3 is 2.46 bits per heavy atom. The van der Waals surface area contributed by atoms with Crippen molar-refractivity contribution in [3.8, 4) is 0 Å². The number of nitrogens with one attached hydrogen (secondary N) is 1. The summed E-state index contributed by atoms with van der Waals surface area (Å²) in [4.78, 5) is 14.8. The molecule has 2 aliphatic carbocycles. The third-order valence-corrected chi connectivity index (χ3v) is 5.86. The summed E-state index contributed by atoms with van der Waals surface area (Å²) in [6.07, 6.45) is 11.4. The average Bonchev–Trinajstić information content (AvgIpc) is 3.36. The third-order valence-electron chi connectivity index (χ3n) is 5.86. The highest BCUT2D eigenvalue weighted by atomic mass is 16.6. The highest BCUT2D eigenvalue weighted by Gasteiger charge is 2.40. The van der Waals surface area contributed by atoms with Gasteiger partial charge in [0.1, 0.15) is 5.60 Å². The van der Waals surface area contributed by atoms with Crippen LogP contribution in [0.3, 0.4) is 0 Å². The molecular weight excluding hydrogens is 300 g/mol. The van der Waals surface area contributed by atoms with Crippen LogP contribution in [0.25, 0.3) is 0 Å². The number of hydrogen-bond donors (Lipinski definition) is 1. The molecule has 1 aliphatic heterocycles. The fourth-order valence-corrected chi connectivity index (χ4v) is 4.46. The molecule has 0 aromatic rings. The van der Waals surface area contributed by atoms with Crippen LogP contribution < -0.4 is 5.32 Å². The van der Waals surface area contributed by atoms with Gasteiger partial charge in [-0.1, -0.05) is 12.8 Å². The number of ether oxygens (including phenoxy) is 1. The molecule has 1 N–H and O–H groups in total.